The molecule has 1 atom stereocenters. The molecule has 1 aromatic heterocycles. The highest BCUT2D eigenvalue weighted by Crippen LogP contribution is 2.32. The van der Waals surface area contributed by atoms with Crippen molar-refractivity contribution in [3.8, 4) is 5.69 Å². The molecule has 1 fully saturated rings. The zero-order chi connectivity index (χ0) is 18.2. The van der Waals surface area contributed by atoms with Crippen molar-refractivity contribution in [1.82, 2.24) is 19.0 Å². The average molecular weight is 362 g/mol. The number of hydrogen-bond acceptors (Lipinski definition) is 4. The first kappa shape index (κ1) is 18.1. The van der Waals surface area contributed by atoms with Crippen molar-refractivity contribution < 1.29 is 8.42 Å². The molecule has 0 saturated carbocycles. The Balaban J connectivity index is 1.90. The van der Waals surface area contributed by atoms with Gasteiger partial charge in [-0.25, -0.2) is 17.4 Å². The van der Waals surface area contributed by atoms with Gasteiger partial charge in [-0.3, -0.25) is 0 Å². The molecule has 1 aromatic carbocycles. The standard InChI is InChI=1S/C18H26N4O2S/c1-15-6-7-16(22-10-5-9-19-22)12-17(15)25(23,24)21(4)14-18(2)8-11-20(3)13-18/h5-7,9-10,12H,8,11,13-14H2,1-4H3. The molecule has 0 radical (unpaired) electrons. The summed E-state index contributed by atoms with van der Waals surface area (Å²) < 4.78 is 29.5. The topological polar surface area (TPSA) is 58.4 Å². The highest BCUT2D eigenvalue weighted by molar-refractivity contribution is 7.89. The van der Waals surface area contributed by atoms with Gasteiger partial charge in [-0.2, -0.15) is 5.10 Å². The van der Waals surface area contributed by atoms with Crippen molar-refractivity contribution >= 4 is 10.0 Å². The molecule has 2 heterocycles. The van der Waals surface area contributed by atoms with Gasteiger partial charge in [0.1, 0.15) is 0 Å². The predicted octanol–water partition coefficient (Wildman–Crippen LogP) is 2.14. The third kappa shape index (κ3) is 3.63. The van der Waals surface area contributed by atoms with Gasteiger partial charge in [0.15, 0.2) is 0 Å². The van der Waals surface area contributed by atoms with Crippen LogP contribution in [0.25, 0.3) is 5.69 Å². The van der Waals surface area contributed by atoms with Crippen molar-refractivity contribution in [2.45, 2.75) is 25.2 Å². The fraction of sp³-hybridized carbons (Fsp3) is 0.500. The van der Waals surface area contributed by atoms with E-state index in [1.54, 1.807) is 30.2 Å². The van der Waals surface area contributed by atoms with Crippen LogP contribution in [0.3, 0.4) is 0 Å². The maximum atomic E-state index is 13.2. The highest BCUT2D eigenvalue weighted by Gasteiger charge is 2.36. The van der Waals surface area contributed by atoms with Crippen molar-refractivity contribution in [3.05, 3.63) is 42.2 Å². The lowest BCUT2D eigenvalue weighted by Crippen LogP contribution is -2.39. The van der Waals surface area contributed by atoms with E-state index in [1.807, 2.05) is 25.1 Å². The lowest BCUT2D eigenvalue weighted by atomic mass is 9.90. The van der Waals surface area contributed by atoms with E-state index in [0.29, 0.717) is 11.4 Å². The molecule has 1 aliphatic heterocycles. The molecule has 136 valence electrons. The van der Waals surface area contributed by atoms with E-state index in [4.69, 9.17) is 0 Å². The van der Waals surface area contributed by atoms with E-state index in [2.05, 4.69) is 24.0 Å². The van der Waals surface area contributed by atoms with E-state index in [9.17, 15) is 8.42 Å². The Morgan fingerprint density at radius 2 is 2.12 bits per heavy atom. The van der Waals surface area contributed by atoms with Crippen molar-refractivity contribution in [1.29, 1.82) is 0 Å². The van der Waals surface area contributed by atoms with Gasteiger partial charge in [-0.15, -0.1) is 0 Å². The molecule has 1 unspecified atom stereocenters. The molecular weight excluding hydrogens is 336 g/mol. The molecule has 0 aliphatic carbocycles. The third-order valence-corrected chi connectivity index (χ3v) is 6.93. The normalized spacial score (nSPS) is 22.0. The van der Waals surface area contributed by atoms with Gasteiger partial charge in [0.2, 0.25) is 10.0 Å². The minimum absolute atomic E-state index is 0.00985. The van der Waals surface area contributed by atoms with Gasteiger partial charge in [0.05, 0.1) is 10.6 Å². The van der Waals surface area contributed by atoms with Crippen LogP contribution in [0.2, 0.25) is 0 Å². The molecule has 0 bridgehead atoms. The molecule has 0 spiro atoms. The Kier molecular flexibility index (Phi) is 4.74. The first-order chi connectivity index (χ1) is 11.7. The zero-order valence-electron chi connectivity index (χ0n) is 15.3. The molecule has 6 nitrogen and oxygen atoms in total. The van der Waals surface area contributed by atoms with Crippen LogP contribution in [0, 0.1) is 12.3 Å². The fourth-order valence-electron chi connectivity index (χ4n) is 3.62. The Hall–Kier alpha value is -1.70. The average Bonchev–Trinajstić information content (AvgIpc) is 3.17. The van der Waals surface area contributed by atoms with E-state index in [1.165, 1.54) is 4.31 Å². The van der Waals surface area contributed by atoms with Gasteiger partial charge in [0.25, 0.3) is 0 Å². The van der Waals surface area contributed by atoms with Crippen LogP contribution < -0.4 is 0 Å². The van der Waals surface area contributed by atoms with Crippen LogP contribution in [0.15, 0.2) is 41.6 Å². The number of nitrogens with zero attached hydrogens (tertiary/aromatic N) is 4. The van der Waals surface area contributed by atoms with E-state index < -0.39 is 10.0 Å². The summed E-state index contributed by atoms with van der Waals surface area (Å²) in [6.07, 6.45) is 4.49. The second-order valence-electron chi connectivity index (χ2n) is 7.46. The second kappa shape index (κ2) is 6.55. The van der Waals surface area contributed by atoms with Gasteiger partial charge >= 0.3 is 0 Å². The van der Waals surface area contributed by atoms with Crippen molar-refractivity contribution in [2.75, 3.05) is 33.7 Å². The summed E-state index contributed by atoms with van der Waals surface area (Å²) in [6.45, 7) is 6.44. The van der Waals surface area contributed by atoms with Crippen LogP contribution in [0.5, 0.6) is 0 Å². The minimum atomic E-state index is -3.55. The first-order valence-corrected chi connectivity index (χ1v) is 9.91. The summed E-state index contributed by atoms with van der Waals surface area (Å²) in [5, 5.41) is 4.19. The van der Waals surface area contributed by atoms with Gasteiger partial charge < -0.3 is 4.90 Å². The summed E-state index contributed by atoms with van der Waals surface area (Å²) in [7, 11) is 0.208. The smallest absolute Gasteiger partial charge is 0.243 e. The first-order valence-electron chi connectivity index (χ1n) is 8.47. The Morgan fingerprint density at radius 3 is 2.72 bits per heavy atom. The van der Waals surface area contributed by atoms with Crippen molar-refractivity contribution in [3.63, 3.8) is 0 Å². The molecule has 2 aromatic rings. The van der Waals surface area contributed by atoms with Gasteiger partial charge in [-0.05, 0) is 56.1 Å². The van der Waals surface area contributed by atoms with E-state index in [0.717, 1.165) is 30.8 Å². The second-order valence-corrected chi connectivity index (χ2v) is 9.47. The Morgan fingerprint density at radius 1 is 1.36 bits per heavy atom. The largest absolute Gasteiger partial charge is 0.306 e. The molecule has 1 aliphatic rings. The molecule has 25 heavy (non-hydrogen) atoms. The number of likely N-dealkylation sites (tertiary alicyclic amines) is 1. The van der Waals surface area contributed by atoms with Crippen LogP contribution >= 0.6 is 0 Å². The van der Waals surface area contributed by atoms with Crippen LogP contribution in [0.1, 0.15) is 18.9 Å². The third-order valence-electron chi connectivity index (χ3n) is 4.98. The zero-order valence-corrected chi connectivity index (χ0v) is 16.1. The van der Waals surface area contributed by atoms with Crippen LogP contribution in [0.4, 0.5) is 0 Å². The number of aryl methyl sites for hydroxylation is 1. The summed E-state index contributed by atoms with van der Waals surface area (Å²) in [5.41, 5.74) is 1.48. The number of aromatic nitrogens is 2. The molecule has 1 saturated heterocycles. The summed E-state index contributed by atoms with van der Waals surface area (Å²) in [4.78, 5) is 2.60. The lowest BCUT2D eigenvalue weighted by Gasteiger charge is -2.29. The monoisotopic (exact) mass is 362 g/mol. The lowest BCUT2D eigenvalue weighted by molar-refractivity contribution is 0.255. The predicted molar refractivity (Wildman–Crippen MR) is 98.3 cm³/mol. The Labute approximate surface area is 150 Å². The molecule has 0 N–H and O–H groups in total. The maximum Gasteiger partial charge on any atom is 0.243 e. The van der Waals surface area contributed by atoms with E-state index >= 15 is 0 Å². The molecule has 3 rings (SSSR count). The molecule has 7 heteroatoms. The maximum absolute atomic E-state index is 13.2. The fourth-order valence-corrected chi connectivity index (χ4v) is 5.18. The highest BCUT2D eigenvalue weighted by atomic mass is 32.2. The summed E-state index contributed by atoms with van der Waals surface area (Å²) >= 11 is 0. The van der Waals surface area contributed by atoms with Crippen LogP contribution in [-0.4, -0.2) is 61.1 Å². The molecular formula is C18H26N4O2S. The number of rotatable bonds is 5. The Bertz CT molecular complexity index is 848. The number of sulfonamides is 1. The minimum Gasteiger partial charge on any atom is -0.306 e. The summed E-state index contributed by atoms with van der Waals surface area (Å²) in [5.74, 6) is 0. The summed E-state index contributed by atoms with van der Waals surface area (Å²) in [6, 6.07) is 7.24. The quantitative estimate of drug-likeness (QED) is 0.818. The van der Waals surface area contributed by atoms with E-state index in [-0.39, 0.29) is 5.41 Å². The number of hydrogen-bond donors (Lipinski definition) is 0. The molecule has 0 amide bonds. The van der Waals surface area contributed by atoms with Gasteiger partial charge in [-0.1, -0.05) is 13.0 Å². The van der Waals surface area contributed by atoms with Crippen molar-refractivity contribution in [2.24, 2.45) is 5.41 Å². The SMILES string of the molecule is Cc1ccc(-n2cccn2)cc1S(=O)(=O)N(C)CC1(C)CCN(C)C1. The van der Waals surface area contributed by atoms with Crippen LogP contribution in [-0.2, 0) is 10.0 Å². The van der Waals surface area contributed by atoms with Gasteiger partial charge in [0, 0.05) is 32.5 Å². The number of benzene rings is 1.